The molecule has 2 unspecified atom stereocenters. The molecular formula is C41H56N4O2. The van der Waals surface area contributed by atoms with Gasteiger partial charge in [0.25, 0.3) is 0 Å². The van der Waals surface area contributed by atoms with Gasteiger partial charge in [0.1, 0.15) is 5.69 Å². The predicted octanol–water partition coefficient (Wildman–Crippen LogP) is 8.81. The Hall–Kier alpha value is -2.91. The maximum Gasteiger partial charge on any atom is 0.227 e. The van der Waals surface area contributed by atoms with E-state index in [0.717, 1.165) is 44.1 Å². The Morgan fingerprint density at radius 1 is 1.02 bits per heavy atom. The van der Waals surface area contributed by atoms with Crippen LogP contribution in [0.3, 0.4) is 0 Å². The van der Waals surface area contributed by atoms with Gasteiger partial charge in [0.05, 0.1) is 23.6 Å². The molecule has 4 fully saturated rings. The largest absolute Gasteiger partial charge is 0.359 e. The minimum absolute atomic E-state index is 0.0885. The zero-order chi connectivity index (χ0) is 33.6. The van der Waals surface area contributed by atoms with Gasteiger partial charge >= 0.3 is 0 Å². The lowest BCUT2D eigenvalue weighted by molar-refractivity contribution is -0.187. The van der Waals surface area contributed by atoms with Gasteiger partial charge in [-0.2, -0.15) is 5.26 Å². The number of hydrogen-bond acceptors (Lipinski definition) is 5. The predicted molar refractivity (Wildman–Crippen MR) is 185 cm³/mol. The molecule has 1 heterocycles. The maximum atomic E-state index is 14.6. The van der Waals surface area contributed by atoms with Crippen LogP contribution in [0.5, 0.6) is 0 Å². The quantitative estimate of drug-likeness (QED) is 0.326. The lowest BCUT2D eigenvalue weighted by atomic mass is 9.33. The summed E-state index contributed by atoms with van der Waals surface area (Å²) < 4.78 is 5.68. The van der Waals surface area contributed by atoms with Gasteiger partial charge in [-0.1, -0.05) is 77.4 Å². The fraction of sp³-hybridized carbons (Fsp3) is 0.683. The number of nitriles is 1. The molecule has 10 atom stereocenters. The first-order chi connectivity index (χ1) is 22.2. The SMILES string of the molecule is C[C@H]1[C@H](C)CC[C@]2(C(=O)NCc3cc(-c4cccc(C#N)c4)no3)CC[C@]3(C)C(=CCC4[C@@]5(C)CC[C@H](N)C(C)(C)C5CC[C@]43C)[C@H]12. The number of amides is 1. The molecule has 5 aliphatic rings. The third-order valence-corrected chi connectivity index (χ3v) is 15.8. The van der Waals surface area contributed by atoms with Crippen LogP contribution in [-0.4, -0.2) is 17.1 Å². The van der Waals surface area contributed by atoms with Crippen molar-refractivity contribution >= 4 is 5.91 Å². The summed E-state index contributed by atoms with van der Waals surface area (Å²) in [6, 6.07) is 11.7. The van der Waals surface area contributed by atoms with Gasteiger partial charge in [-0.15, -0.1) is 0 Å². The number of rotatable bonds is 4. The van der Waals surface area contributed by atoms with E-state index in [2.05, 4.69) is 71.1 Å². The normalized spacial score (nSPS) is 42.1. The molecule has 4 saturated carbocycles. The highest BCUT2D eigenvalue weighted by molar-refractivity contribution is 5.84. The monoisotopic (exact) mass is 636 g/mol. The number of allylic oxidation sites excluding steroid dienone is 2. The molecule has 47 heavy (non-hydrogen) atoms. The summed E-state index contributed by atoms with van der Waals surface area (Å²) in [7, 11) is 0. The first-order valence-electron chi connectivity index (χ1n) is 18.4. The van der Waals surface area contributed by atoms with Crippen LogP contribution in [0, 0.1) is 68.0 Å². The maximum absolute atomic E-state index is 14.6. The van der Waals surface area contributed by atoms with Crippen LogP contribution in [-0.2, 0) is 11.3 Å². The van der Waals surface area contributed by atoms with Crippen LogP contribution in [0.25, 0.3) is 11.3 Å². The van der Waals surface area contributed by atoms with Gasteiger partial charge < -0.3 is 15.6 Å². The fourth-order valence-corrected chi connectivity index (χ4v) is 12.5. The summed E-state index contributed by atoms with van der Waals surface area (Å²) in [6.07, 6.45) is 12.7. The van der Waals surface area contributed by atoms with Crippen molar-refractivity contribution in [2.75, 3.05) is 0 Å². The molecular weight excluding hydrogens is 580 g/mol. The fourth-order valence-electron chi connectivity index (χ4n) is 12.5. The van der Waals surface area contributed by atoms with Gasteiger partial charge in [-0.05, 0) is 121 Å². The van der Waals surface area contributed by atoms with E-state index in [-0.39, 0.29) is 34.1 Å². The molecule has 252 valence electrons. The Bertz CT molecular complexity index is 1630. The third kappa shape index (κ3) is 4.58. The highest BCUT2D eigenvalue weighted by Crippen LogP contribution is 2.75. The number of nitrogens with one attached hydrogen (secondary N) is 1. The van der Waals surface area contributed by atoms with Crippen molar-refractivity contribution in [3.05, 3.63) is 53.3 Å². The van der Waals surface area contributed by atoms with Gasteiger partial charge in [-0.25, -0.2) is 0 Å². The summed E-state index contributed by atoms with van der Waals surface area (Å²) in [5, 5.41) is 16.9. The van der Waals surface area contributed by atoms with Crippen molar-refractivity contribution in [1.29, 1.82) is 5.26 Å². The van der Waals surface area contributed by atoms with Crippen molar-refractivity contribution in [1.82, 2.24) is 10.5 Å². The van der Waals surface area contributed by atoms with Gasteiger partial charge in [0, 0.05) is 17.7 Å². The van der Waals surface area contributed by atoms with Crippen LogP contribution in [0.1, 0.15) is 118 Å². The van der Waals surface area contributed by atoms with Crippen molar-refractivity contribution in [2.24, 2.45) is 62.4 Å². The Morgan fingerprint density at radius 3 is 2.57 bits per heavy atom. The third-order valence-electron chi connectivity index (χ3n) is 15.8. The molecule has 7 rings (SSSR count). The molecule has 0 radical (unpaired) electrons. The standard InChI is InChI=1S/C41H56N4O2/c1-25-13-18-41(36(46)44-24-29-22-31(45-47-29)28-10-8-9-27(21-28)23-42)20-19-39(6)30(35(41)26(25)2)11-12-33-38(5)16-15-34(43)37(3,4)32(38)14-17-40(33,39)7/h8-11,21-22,25-26,32-35H,12-20,24,43H2,1-7H3,(H,44,46)/t25-,26+,32?,33?,34+,35+,38+,39-,40-,41+/m1/s1. The molecule has 2 aromatic rings. The topological polar surface area (TPSA) is 105 Å². The molecule has 0 spiro atoms. The Balaban J connectivity index is 1.18. The van der Waals surface area contributed by atoms with E-state index in [1.54, 1.807) is 11.6 Å². The van der Waals surface area contributed by atoms with Crippen LogP contribution in [0.15, 0.2) is 46.5 Å². The minimum atomic E-state index is -0.398. The van der Waals surface area contributed by atoms with Gasteiger partial charge in [0.15, 0.2) is 5.76 Å². The molecule has 6 nitrogen and oxygen atoms in total. The summed E-state index contributed by atoms with van der Waals surface area (Å²) in [4.78, 5) is 14.6. The number of fused-ring (bicyclic) bond motifs is 7. The van der Waals surface area contributed by atoms with Crippen LogP contribution >= 0.6 is 0 Å². The molecule has 3 N–H and O–H groups in total. The number of nitrogens with zero attached hydrogens (tertiary/aromatic N) is 2. The first-order valence-corrected chi connectivity index (χ1v) is 18.4. The second-order valence-corrected chi connectivity index (χ2v) is 17.8. The number of carbonyl (C=O) groups is 1. The highest BCUT2D eigenvalue weighted by atomic mass is 16.5. The average molecular weight is 637 g/mol. The Morgan fingerprint density at radius 2 is 1.81 bits per heavy atom. The van der Waals surface area contributed by atoms with Crippen molar-refractivity contribution < 1.29 is 9.32 Å². The molecule has 5 aliphatic carbocycles. The number of carbonyl (C=O) groups excluding carboxylic acids is 1. The molecule has 6 heteroatoms. The Kier molecular flexibility index (Phi) is 7.68. The smallest absolute Gasteiger partial charge is 0.227 e. The van der Waals surface area contributed by atoms with E-state index >= 15 is 0 Å². The summed E-state index contributed by atoms with van der Waals surface area (Å²) in [5.74, 6) is 3.40. The average Bonchev–Trinajstić information content (AvgIpc) is 3.53. The highest BCUT2D eigenvalue weighted by Gasteiger charge is 2.69. The second kappa shape index (κ2) is 11.1. The van der Waals surface area contributed by atoms with Crippen molar-refractivity contribution in [3.8, 4) is 17.3 Å². The molecule has 1 amide bonds. The lowest BCUT2D eigenvalue weighted by Crippen LogP contribution is -2.66. The van der Waals surface area contributed by atoms with E-state index < -0.39 is 5.41 Å². The number of nitrogens with two attached hydrogens (primary N) is 1. The van der Waals surface area contributed by atoms with Crippen LogP contribution in [0.4, 0.5) is 0 Å². The van der Waals surface area contributed by atoms with Gasteiger partial charge in [-0.3, -0.25) is 4.79 Å². The molecule has 0 aliphatic heterocycles. The molecule has 0 saturated heterocycles. The summed E-state index contributed by atoms with van der Waals surface area (Å²) in [6.45, 7) is 17.9. The lowest BCUT2D eigenvalue weighted by Gasteiger charge is -2.71. The minimum Gasteiger partial charge on any atom is -0.359 e. The van der Waals surface area contributed by atoms with E-state index in [0.29, 0.717) is 52.6 Å². The second-order valence-electron chi connectivity index (χ2n) is 17.8. The summed E-state index contributed by atoms with van der Waals surface area (Å²) >= 11 is 0. The van der Waals surface area contributed by atoms with Crippen LogP contribution in [0.2, 0.25) is 0 Å². The number of benzene rings is 1. The zero-order valence-corrected chi connectivity index (χ0v) is 29.8. The van der Waals surface area contributed by atoms with Crippen molar-refractivity contribution in [3.63, 3.8) is 0 Å². The van der Waals surface area contributed by atoms with Crippen molar-refractivity contribution in [2.45, 2.75) is 119 Å². The van der Waals surface area contributed by atoms with E-state index in [4.69, 9.17) is 10.3 Å². The molecule has 0 bridgehead atoms. The van der Waals surface area contributed by atoms with E-state index in [1.165, 1.54) is 19.3 Å². The van der Waals surface area contributed by atoms with Gasteiger partial charge in [0.2, 0.25) is 5.91 Å². The zero-order valence-electron chi connectivity index (χ0n) is 29.8. The Labute approximate surface area is 282 Å². The van der Waals surface area contributed by atoms with Crippen LogP contribution < -0.4 is 11.1 Å². The number of aromatic nitrogens is 1. The summed E-state index contributed by atoms with van der Waals surface area (Å²) in [5.41, 5.74) is 10.8. The molecule has 1 aromatic heterocycles. The molecule has 1 aromatic carbocycles. The first kappa shape index (κ1) is 32.6. The van der Waals surface area contributed by atoms with E-state index in [1.807, 2.05) is 24.3 Å². The number of hydrogen-bond donors (Lipinski definition) is 2. The van der Waals surface area contributed by atoms with E-state index in [9.17, 15) is 10.1 Å².